The molecule has 2 atom stereocenters. The van der Waals surface area contributed by atoms with Crippen molar-refractivity contribution in [2.75, 3.05) is 33.2 Å². The van der Waals surface area contributed by atoms with Crippen molar-refractivity contribution in [1.82, 2.24) is 15.1 Å². The van der Waals surface area contributed by atoms with Crippen molar-refractivity contribution in [3.63, 3.8) is 0 Å². The van der Waals surface area contributed by atoms with Crippen LogP contribution in [0.2, 0.25) is 0 Å². The maximum Gasteiger partial charge on any atom is 0.221 e. The van der Waals surface area contributed by atoms with Gasteiger partial charge in [-0.25, -0.2) is 0 Å². The first-order chi connectivity index (χ1) is 13.5. The average Bonchev–Trinajstić information content (AvgIpc) is 2.69. The van der Waals surface area contributed by atoms with Gasteiger partial charge in [0.15, 0.2) is 5.96 Å². The lowest BCUT2D eigenvalue weighted by Crippen LogP contribution is -2.45. The second kappa shape index (κ2) is 9.92. The van der Waals surface area contributed by atoms with Gasteiger partial charge in [0.1, 0.15) is 0 Å². The number of carbonyl (C=O) groups excluding carboxylic acids is 1. The minimum atomic E-state index is -0.166. The van der Waals surface area contributed by atoms with Gasteiger partial charge in [-0.2, -0.15) is 0 Å². The van der Waals surface area contributed by atoms with Gasteiger partial charge in [0, 0.05) is 39.8 Å². The van der Waals surface area contributed by atoms with Crippen LogP contribution in [0.3, 0.4) is 0 Å². The third kappa shape index (κ3) is 5.71. The Hall–Kier alpha value is -2.08. The normalized spacial score (nSPS) is 24.2. The summed E-state index contributed by atoms with van der Waals surface area (Å²) >= 11 is 0. The molecule has 6 heteroatoms. The standard InChI is InChI=1S/C22H35N5O/c1-17-6-4-11-27(14-17)22(24-2)25-13-18-7-3-8-19(12-18)15-26-10-5-9-20(16-26)21(23)28/h3,7-8,12,17,20H,4-6,9-11,13-16H2,1-2H3,(H2,23,28)(H,24,25). The molecule has 0 aliphatic carbocycles. The Morgan fingerprint density at radius 3 is 2.75 bits per heavy atom. The molecule has 2 unspecified atom stereocenters. The summed E-state index contributed by atoms with van der Waals surface area (Å²) in [5, 5.41) is 3.53. The summed E-state index contributed by atoms with van der Waals surface area (Å²) in [6.45, 7) is 7.93. The molecule has 2 aliphatic rings. The first kappa shape index (κ1) is 20.6. The van der Waals surface area contributed by atoms with Crippen LogP contribution < -0.4 is 11.1 Å². The van der Waals surface area contributed by atoms with Crippen molar-refractivity contribution in [2.24, 2.45) is 22.6 Å². The molecule has 0 aromatic heterocycles. The first-order valence-electron chi connectivity index (χ1n) is 10.6. The zero-order valence-electron chi connectivity index (χ0n) is 17.4. The first-order valence-corrected chi connectivity index (χ1v) is 10.6. The number of nitrogens with zero attached hydrogens (tertiary/aromatic N) is 3. The fourth-order valence-electron chi connectivity index (χ4n) is 4.42. The lowest BCUT2D eigenvalue weighted by molar-refractivity contribution is -0.123. The van der Waals surface area contributed by atoms with Gasteiger partial charge in [-0.15, -0.1) is 0 Å². The van der Waals surface area contributed by atoms with Crippen molar-refractivity contribution in [2.45, 2.75) is 45.7 Å². The highest BCUT2D eigenvalue weighted by Crippen LogP contribution is 2.19. The number of guanidine groups is 1. The Bertz CT molecular complexity index is 689. The summed E-state index contributed by atoms with van der Waals surface area (Å²) < 4.78 is 0. The van der Waals surface area contributed by atoms with E-state index in [0.29, 0.717) is 0 Å². The highest BCUT2D eigenvalue weighted by Gasteiger charge is 2.24. The van der Waals surface area contributed by atoms with E-state index in [9.17, 15) is 4.79 Å². The van der Waals surface area contributed by atoms with Crippen LogP contribution in [0.25, 0.3) is 0 Å². The smallest absolute Gasteiger partial charge is 0.221 e. The van der Waals surface area contributed by atoms with Gasteiger partial charge in [0.25, 0.3) is 0 Å². The molecule has 0 bridgehead atoms. The van der Waals surface area contributed by atoms with Crippen LogP contribution in [0.4, 0.5) is 0 Å². The van der Waals surface area contributed by atoms with Gasteiger partial charge in [-0.3, -0.25) is 14.7 Å². The maximum absolute atomic E-state index is 11.5. The Labute approximate surface area is 169 Å². The van der Waals surface area contributed by atoms with Crippen LogP contribution in [0.15, 0.2) is 29.3 Å². The SMILES string of the molecule is CN=C(NCc1cccc(CN2CCCC(C(N)=O)C2)c1)N1CCCC(C)C1. The van der Waals surface area contributed by atoms with E-state index in [-0.39, 0.29) is 11.8 Å². The number of carbonyl (C=O) groups is 1. The Kier molecular flexibility index (Phi) is 7.31. The zero-order valence-corrected chi connectivity index (χ0v) is 17.4. The predicted molar refractivity (Wildman–Crippen MR) is 114 cm³/mol. The summed E-state index contributed by atoms with van der Waals surface area (Å²) in [5.41, 5.74) is 8.05. The number of hydrogen-bond donors (Lipinski definition) is 2. The second-order valence-corrected chi connectivity index (χ2v) is 8.39. The molecule has 0 radical (unpaired) electrons. The molecule has 0 spiro atoms. The molecule has 3 N–H and O–H groups in total. The van der Waals surface area contributed by atoms with Gasteiger partial charge < -0.3 is 16.0 Å². The van der Waals surface area contributed by atoms with E-state index >= 15 is 0 Å². The van der Waals surface area contributed by atoms with Crippen molar-refractivity contribution in [3.8, 4) is 0 Å². The van der Waals surface area contributed by atoms with Crippen LogP contribution in [0, 0.1) is 11.8 Å². The number of primary amides is 1. The number of likely N-dealkylation sites (tertiary alicyclic amines) is 2. The lowest BCUT2D eigenvalue weighted by Gasteiger charge is -2.33. The van der Waals surface area contributed by atoms with Gasteiger partial charge >= 0.3 is 0 Å². The third-order valence-corrected chi connectivity index (χ3v) is 5.92. The van der Waals surface area contributed by atoms with Gasteiger partial charge in [0.05, 0.1) is 5.92 Å². The fraction of sp³-hybridized carbons (Fsp3) is 0.636. The highest BCUT2D eigenvalue weighted by molar-refractivity contribution is 5.80. The minimum Gasteiger partial charge on any atom is -0.369 e. The van der Waals surface area contributed by atoms with Gasteiger partial charge in [0.2, 0.25) is 5.91 Å². The molecule has 28 heavy (non-hydrogen) atoms. The Morgan fingerprint density at radius 1 is 1.21 bits per heavy atom. The van der Waals surface area contributed by atoms with E-state index in [4.69, 9.17) is 5.73 Å². The van der Waals surface area contributed by atoms with Crippen molar-refractivity contribution in [3.05, 3.63) is 35.4 Å². The summed E-state index contributed by atoms with van der Waals surface area (Å²) in [4.78, 5) is 20.7. The van der Waals surface area contributed by atoms with Crippen molar-refractivity contribution >= 4 is 11.9 Å². The van der Waals surface area contributed by atoms with Crippen LogP contribution in [-0.4, -0.2) is 54.9 Å². The summed E-state index contributed by atoms with van der Waals surface area (Å²) in [6.07, 6.45) is 4.51. The van der Waals surface area contributed by atoms with Crippen LogP contribution in [-0.2, 0) is 17.9 Å². The minimum absolute atomic E-state index is 0.00569. The fourth-order valence-corrected chi connectivity index (χ4v) is 4.42. The topological polar surface area (TPSA) is 74.0 Å². The van der Waals surface area contributed by atoms with Gasteiger partial charge in [-0.05, 0) is 49.3 Å². The number of hydrogen-bond acceptors (Lipinski definition) is 3. The number of piperidine rings is 2. The number of aliphatic imine (C=N–C) groups is 1. The summed E-state index contributed by atoms with van der Waals surface area (Å²) in [6, 6.07) is 8.70. The van der Waals surface area contributed by atoms with Crippen LogP contribution in [0.1, 0.15) is 43.7 Å². The lowest BCUT2D eigenvalue weighted by atomic mass is 9.97. The molecule has 0 saturated carbocycles. The molecule has 2 aliphatic heterocycles. The predicted octanol–water partition coefficient (Wildman–Crippen LogP) is 2.19. The molecule has 6 nitrogen and oxygen atoms in total. The summed E-state index contributed by atoms with van der Waals surface area (Å²) in [7, 11) is 1.86. The van der Waals surface area contributed by atoms with Crippen LogP contribution >= 0.6 is 0 Å². The maximum atomic E-state index is 11.5. The van der Waals surface area contributed by atoms with E-state index in [1.807, 2.05) is 7.05 Å². The second-order valence-electron chi connectivity index (χ2n) is 8.39. The number of rotatable bonds is 5. The van der Waals surface area contributed by atoms with E-state index in [0.717, 1.165) is 64.0 Å². The number of nitrogens with two attached hydrogens (primary N) is 1. The molecular weight excluding hydrogens is 350 g/mol. The van der Waals surface area contributed by atoms with Crippen molar-refractivity contribution < 1.29 is 4.79 Å². The Morgan fingerprint density at radius 2 is 2.00 bits per heavy atom. The number of amides is 1. The van der Waals surface area contributed by atoms with Crippen molar-refractivity contribution in [1.29, 1.82) is 0 Å². The Balaban J connectivity index is 1.55. The van der Waals surface area contributed by atoms with E-state index in [1.165, 1.54) is 24.0 Å². The molecule has 154 valence electrons. The van der Waals surface area contributed by atoms with Crippen LogP contribution in [0.5, 0.6) is 0 Å². The van der Waals surface area contributed by atoms with E-state index in [1.54, 1.807) is 0 Å². The molecule has 2 heterocycles. The van der Waals surface area contributed by atoms with E-state index < -0.39 is 0 Å². The largest absolute Gasteiger partial charge is 0.369 e. The molecule has 2 fully saturated rings. The molecule has 1 amide bonds. The molecule has 3 rings (SSSR count). The average molecular weight is 386 g/mol. The quantitative estimate of drug-likeness (QED) is 0.602. The zero-order chi connectivity index (χ0) is 19.9. The molecule has 1 aromatic carbocycles. The number of benzene rings is 1. The molecule has 1 aromatic rings. The monoisotopic (exact) mass is 385 g/mol. The molecule has 2 saturated heterocycles. The van der Waals surface area contributed by atoms with Gasteiger partial charge in [-0.1, -0.05) is 31.2 Å². The molecular formula is C22H35N5O. The third-order valence-electron chi connectivity index (χ3n) is 5.92. The number of nitrogens with one attached hydrogen (secondary N) is 1. The van der Waals surface area contributed by atoms with E-state index in [2.05, 4.69) is 51.3 Å². The highest BCUT2D eigenvalue weighted by atomic mass is 16.1. The summed E-state index contributed by atoms with van der Waals surface area (Å²) in [5.74, 6) is 1.55.